The number of aromatic nitrogens is 1. The normalized spacial score (nSPS) is 10.3. The van der Waals surface area contributed by atoms with Gasteiger partial charge in [0.1, 0.15) is 12.4 Å². The van der Waals surface area contributed by atoms with Crippen LogP contribution in [0.2, 0.25) is 0 Å². The van der Waals surface area contributed by atoms with E-state index in [4.69, 9.17) is 19.9 Å². The Bertz CT molecular complexity index is 401. The number of esters is 1. The minimum atomic E-state index is -0.466. The van der Waals surface area contributed by atoms with Crippen molar-refractivity contribution in [3.05, 3.63) is 22.3 Å². The molecule has 0 aromatic carbocycles. The van der Waals surface area contributed by atoms with Gasteiger partial charge in [-0.05, 0) is 22.0 Å². The number of carbonyl (C=O) groups is 1. The summed E-state index contributed by atoms with van der Waals surface area (Å²) in [4.78, 5) is 15.5. The van der Waals surface area contributed by atoms with Crippen LogP contribution < -0.4 is 5.73 Å². The van der Waals surface area contributed by atoms with Crippen LogP contribution in [0.4, 0.5) is 5.82 Å². The van der Waals surface area contributed by atoms with Crippen LogP contribution in [0.3, 0.4) is 0 Å². The van der Waals surface area contributed by atoms with E-state index in [2.05, 4.69) is 20.9 Å². The van der Waals surface area contributed by atoms with Crippen LogP contribution >= 0.6 is 15.9 Å². The summed E-state index contributed by atoms with van der Waals surface area (Å²) < 4.78 is 15.5. The molecule has 0 bridgehead atoms. The largest absolute Gasteiger partial charge is 0.460 e. The Morgan fingerprint density at radius 3 is 2.83 bits per heavy atom. The van der Waals surface area contributed by atoms with Crippen LogP contribution in [0.1, 0.15) is 10.4 Å². The third kappa shape index (κ3) is 4.99. The topological polar surface area (TPSA) is 83.7 Å². The van der Waals surface area contributed by atoms with E-state index in [0.29, 0.717) is 29.9 Å². The number of nitrogens with two attached hydrogens (primary N) is 1. The molecular weight excluding hydrogens is 304 g/mol. The standard InChI is InChI=1S/C11H15BrN2O4/c1-16-2-3-17-4-5-18-11(15)8-6-10(13)14-7-9(8)12/h6-7H,2-5H2,1H3,(H2,13,14). The zero-order valence-corrected chi connectivity index (χ0v) is 11.6. The third-order valence-electron chi connectivity index (χ3n) is 1.99. The SMILES string of the molecule is COCCOCCOC(=O)c1cc(N)ncc1Br. The average Bonchev–Trinajstić information content (AvgIpc) is 2.36. The molecule has 1 rings (SSSR count). The molecule has 6 nitrogen and oxygen atoms in total. The lowest BCUT2D eigenvalue weighted by atomic mass is 10.2. The number of anilines is 1. The van der Waals surface area contributed by atoms with Gasteiger partial charge in [-0.3, -0.25) is 0 Å². The fourth-order valence-corrected chi connectivity index (χ4v) is 1.51. The number of pyridine rings is 1. The predicted molar refractivity (Wildman–Crippen MR) is 69.3 cm³/mol. The van der Waals surface area contributed by atoms with E-state index in [-0.39, 0.29) is 12.4 Å². The van der Waals surface area contributed by atoms with Crippen molar-refractivity contribution in [1.82, 2.24) is 4.98 Å². The van der Waals surface area contributed by atoms with Crippen molar-refractivity contribution in [3.8, 4) is 0 Å². The maximum Gasteiger partial charge on any atom is 0.339 e. The van der Waals surface area contributed by atoms with E-state index in [1.807, 2.05) is 0 Å². The Morgan fingerprint density at radius 2 is 2.11 bits per heavy atom. The summed E-state index contributed by atoms with van der Waals surface area (Å²) in [5, 5.41) is 0. The molecule has 0 saturated carbocycles. The highest BCUT2D eigenvalue weighted by Gasteiger charge is 2.12. The van der Waals surface area contributed by atoms with Gasteiger partial charge in [-0.15, -0.1) is 0 Å². The van der Waals surface area contributed by atoms with Crippen LogP contribution in [-0.4, -0.2) is 44.5 Å². The molecule has 0 spiro atoms. The Kier molecular flexibility index (Phi) is 6.63. The van der Waals surface area contributed by atoms with E-state index >= 15 is 0 Å². The van der Waals surface area contributed by atoms with Crippen LogP contribution in [-0.2, 0) is 14.2 Å². The van der Waals surface area contributed by atoms with E-state index in [0.717, 1.165) is 0 Å². The molecule has 1 aromatic rings. The summed E-state index contributed by atoms with van der Waals surface area (Å²) in [5.74, 6) is -0.201. The lowest BCUT2D eigenvalue weighted by Gasteiger charge is -2.07. The summed E-state index contributed by atoms with van der Waals surface area (Å²) >= 11 is 3.21. The molecule has 0 aliphatic heterocycles. The van der Waals surface area contributed by atoms with Gasteiger partial charge in [0.15, 0.2) is 0 Å². The quantitative estimate of drug-likeness (QED) is 0.601. The maximum absolute atomic E-state index is 11.7. The fraction of sp³-hybridized carbons (Fsp3) is 0.455. The van der Waals surface area contributed by atoms with Gasteiger partial charge in [0.25, 0.3) is 0 Å². The monoisotopic (exact) mass is 318 g/mol. The number of rotatable bonds is 7. The minimum Gasteiger partial charge on any atom is -0.460 e. The van der Waals surface area contributed by atoms with Crippen LogP contribution in [0.5, 0.6) is 0 Å². The Morgan fingerprint density at radius 1 is 1.39 bits per heavy atom. The van der Waals surface area contributed by atoms with Gasteiger partial charge < -0.3 is 19.9 Å². The highest BCUT2D eigenvalue weighted by Crippen LogP contribution is 2.18. The number of carbonyl (C=O) groups excluding carboxylic acids is 1. The molecule has 0 fully saturated rings. The number of hydrogen-bond donors (Lipinski definition) is 1. The van der Waals surface area contributed by atoms with Gasteiger partial charge in [-0.25, -0.2) is 9.78 Å². The molecule has 0 amide bonds. The molecule has 18 heavy (non-hydrogen) atoms. The molecular formula is C11H15BrN2O4. The highest BCUT2D eigenvalue weighted by molar-refractivity contribution is 9.10. The molecule has 1 aromatic heterocycles. The zero-order valence-electron chi connectivity index (χ0n) is 10.0. The van der Waals surface area contributed by atoms with Crippen molar-refractivity contribution in [3.63, 3.8) is 0 Å². The molecule has 0 unspecified atom stereocenters. The van der Waals surface area contributed by atoms with Crippen molar-refractivity contribution in [2.75, 3.05) is 39.3 Å². The number of halogens is 1. The van der Waals surface area contributed by atoms with Crippen LogP contribution in [0, 0.1) is 0 Å². The molecule has 7 heteroatoms. The Hall–Kier alpha value is -1.18. The van der Waals surface area contributed by atoms with E-state index < -0.39 is 5.97 Å². The number of nitrogen functional groups attached to an aromatic ring is 1. The highest BCUT2D eigenvalue weighted by atomic mass is 79.9. The predicted octanol–water partition coefficient (Wildman–Crippen LogP) is 1.25. The summed E-state index contributed by atoms with van der Waals surface area (Å²) in [6.07, 6.45) is 1.46. The van der Waals surface area contributed by atoms with Gasteiger partial charge in [-0.1, -0.05) is 0 Å². The van der Waals surface area contributed by atoms with Crippen molar-refractivity contribution in [2.24, 2.45) is 0 Å². The van der Waals surface area contributed by atoms with Gasteiger partial charge in [0, 0.05) is 13.3 Å². The van der Waals surface area contributed by atoms with Crippen LogP contribution in [0.15, 0.2) is 16.7 Å². The van der Waals surface area contributed by atoms with E-state index in [1.165, 1.54) is 12.3 Å². The van der Waals surface area contributed by atoms with Crippen LogP contribution in [0.25, 0.3) is 0 Å². The van der Waals surface area contributed by atoms with Gasteiger partial charge in [0.05, 0.1) is 29.9 Å². The van der Waals surface area contributed by atoms with Gasteiger partial charge in [0.2, 0.25) is 0 Å². The Balaban J connectivity index is 2.34. The number of ether oxygens (including phenoxy) is 3. The van der Waals surface area contributed by atoms with Gasteiger partial charge >= 0.3 is 5.97 Å². The molecule has 0 atom stereocenters. The second kappa shape index (κ2) is 8.02. The van der Waals surface area contributed by atoms with Crippen molar-refractivity contribution in [1.29, 1.82) is 0 Å². The third-order valence-corrected chi connectivity index (χ3v) is 2.62. The zero-order chi connectivity index (χ0) is 13.4. The summed E-state index contributed by atoms with van der Waals surface area (Å²) in [6.45, 7) is 1.49. The van der Waals surface area contributed by atoms with E-state index in [1.54, 1.807) is 7.11 Å². The van der Waals surface area contributed by atoms with Crippen molar-refractivity contribution in [2.45, 2.75) is 0 Å². The average molecular weight is 319 g/mol. The summed E-state index contributed by atoms with van der Waals surface area (Å²) in [7, 11) is 1.59. The smallest absolute Gasteiger partial charge is 0.339 e. The van der Waals surface area contributed by atoms with Crippen molar-refractivity contribution < 1.29 is 19.0 Å². The molecule has 0 radical (unpaired) electrons. The van der Waals surface area contributed by atoms with E-state index in [9.17, 15) is 4.79 Å². The molecule has 0 aliphatic rings. The first-order chi connectivity index (χ1) is 8.65. The molecule has 0 saturated heterocycles. The maximum atomic E-state index is 11.7. The second-order valence-corrected chi connectivity index (χ2v) is 4.18. The minimum absolute atomic E-state index is 0.178. The number of nitrogens with zero attached hydrogens (tertiary/aromatic N) is 1. The molecule has 1 heterocycles. The first kappa shape index (κ1) is 14.9. The summed E-state index contributed by atoms with van der Waals surface area (Å²) in [5.41, 5.74) is 5.84. The first-order valence-electron chi connectivity index (χ1n) is 5.30. The first-order valence-corrected chi connectivity index (χ1v) is 6.09. The molecule has 0 aliphatic carbocycles. The summed E-state index contributed by atoms with van der Waals surface area (Å²) in [6, 6.07) is 1.46. The lowest BCUT2D eigenvalue weighted by Crippen LogP contribution is -2.13. The fourth-order valence-electron chi connectivity index (χ4n) is 1.13. The molecule has 100 valence electrons. The van der Waals surface area contributed by atoms with Gasteiger partial charge in [-0.2, -0.15) is 0 Å². The number of methoxy groups -OCH3 is 1. The second-order valence-electron chi connectivity index (χ2n) is 3.33. The lowest BCUT2D eigenvalue weighted by molar-refractivity contribution is 0.0213. The molecule has 2 N–H and O–H groups in total. The Labute approximate surface area is 114 Å². The number of hydrogen-bond acceptors (Lipinski definition) is 6. The van der Waals surface area contributed by atoms with Crippen molar-refractivity contribution >= 4 is 27.7 Å².